The Kier molecular flexibility index (Phi) is 5.05. The van der Waals surface area contributed by atoms with Gasteiger partial charge in [0, 0.05) is 19.0 Å². The van der Waals surface area contributed by atoms with Gasteiger partial charge in [0.05, 0.1) is 4.88 Å². The van der Waals surface area contributed by atoms with Crippen LogP contribution in [0.4, 0.5) is 5.13 Å². The van der Waals surface area contributed by atoms with Gasteiger partial charge in [0.1, 0.15) is 0 Å². The van der Waals surface area contributed by atoms with Crippen LogP contribution in [0.5, 0.6) is 0 Å². The highest BCUT2D eigenvalue weighted by Crippen LogP contribution is 2.28. The average Bonchev–Trinajstić information content (AvgIpc) is 2.86. The maximum atomic E-state index is 11.8. The minimum atomic E-state index is -0.893. The van der Waals surface area contributed by atoms with Crippen LogP contribution < -0.4 is 5.32 Å². The number of benzene rings is 1. The van der Waals surface area contributed by atoms with E-state index in [9.17, 15) is 9.59 Å². The minimum absolute atomic E-state index is 0.0133. The van der Waals surface area contributed by atoms with E-state index in [2.05, 4.69) is 10.3 Å². The third-order valence-electron chi connectivity index (χ3n) is 2.87. The van der Waals surface area contributed by atoms with E-state index in [1.807, 2.05) is 30.3 Å². The lowest BCUT2D eigenvalue weighted by Crippen LogP contribution is -2.16. The lowest BCUT2D eigenvalue weighted by molar-refractivity contribution is -0.138. The second kappa shape index (κ2) is 6.99. The molecule has 21 heavy (non-hydrogen) atoms. The van der Waals surface area contributed by atoms with Gasteiger partial charge < -0.3 is 10.4 Å². The van der Waals surface area contributed by atoms with Gasteiger partial charge in [-0.2, -0.15) is 0 Å². The number of thiazole rings is 1. The van der Waals surface area contributed by atoms with Gasteiger partial charge in [-0.3, -0.25) is 9.59 Å². The van der Waals surface area contributed by atoms with Gasteiger partial charge >= 0.3 is 5.97 Å². The largest absolute Gasteiger partial charge is 0.481 e. The number of rotatable bonds is 6. The van der Waals surface area contributed by atoms with Crippen molar-refractivity contribution in [3.63, 3.8) is 0 Å². The maximum absolute atomic E-state index is 11.8. The van der Waals surface area contributed by atoms with Crippen molar-refractivity contribution in [2.75, 3.05) is 5.32 Å². The summed E-state index contributed by atoms with van der Waals surface area (Å²) < 4.78 is 0. The molecule has 0 spiro atoms. The highest BCUT2D eigenvalue weighted by molar-refractivity contribution is 7.19. The van der Waals surface area contributed by atoms with Gasteiger partial charge in [-0.25, -0.2) is 4.98 Å². The Hall–Kier alpha value is -2.21. The first-order chi connectivity index (χ1) is 10.0. The quantitative estimate of drug-likeness (QED) is 0.858. The number of carbonyl (C=O) groups excluding carboxylic acids is 1. The molecule has 5 nitrogen and oxygen atoms in total. The smallest absolute Gasteiger partial charge is 0.303 e. The number of carboxylic acid groups (broad SMARTS) is 1. The molecule has 1 atom stereocenters. The van der Waals surface area contributed by atoms with Crippen molar-refractivity contribution in [3.05, 3.63) is 36.5 Å². The average molecular weight is 304 g/mol. The number of anilines is 1. The molecule has 2 rings (SSSR count). The van der Waals surface area contributed by atoms with Crippen molar-refractivity contribution in [2.45, 2.75) is 19.8 Å². The molecule has 1 unspecified atom stereocenters. The first-order valence-corrected chi connectivity index (χ1v) is 7.39. The lowest BCUT2D eigenvalue weighted by atomic mass is 10.0. The third kappa shape index (κ3) is 4.68. The van der Waals surface area contributed by atoms with E-state index in [1.165, 1.54) is 11.3 Å². The zero-order valence-electron chi connectivity index (χ0n) is 11.6. The van der Waals surface area contributed by atoms with Crippen molar-refractivity contribution in [1.82, 2.24) is 4.98 Å². The molecular formula is C15H16N2O3S. The molecular weight excluding hydrogens is 288 g/mol. The number of hydrogen-bond donors (Lipinski definition) is 2. The van der Waals surface area contributed by atoms with Crippen molar-refractivity contribution in [3.8, 4) is 10.4 Å². The molecule has 2 aromatic rings. The van der Waals surface area contributed by atoms with Crippen LogP contribution in [0.25, 0.3) is 10.4 Å². The summed E-state index contributed by atoms with van der Waals surface area (Å²) in [7, 11) is 0. The highest BCUT2D eigenvalue weighted by atomic mass is 32.1. The molecule has 0 saturated carbocycles. The monoisotopic (exact) mass is 304 g/mol. The SMILES string of the molecule is CC(CC(=O)O)CC(=O)Nc1ncc(-c2ccccc2)s1. The van der Waals surface area contributed by atoms with E-state index >= 15 is 0 Å². The summed E-state index contributed by atoms with van der Waals surface area (Å²) in [4.78, 5) is 27.5. The fourth-order valence-electron chi connectivity index (χ4n) is 1.92. The zero-order chi connectivity index (χ0) is 15.2. The van der Waals surface area contributed by atoms with Crippen LogP contribution in [0, 0.1) is 5.92 Å². The molecule has 0 saturated heterocycles. The minimum Gasteiger partial charge on any atom is -0.481 e. The van der Waals surface area contributed by atoms with Crippen LogP contribution >= 0.6 is 11.3 Å². The predicted molar refractivity (Wildman–Crippen MR) is 82.2 cm³/mol. The summed E-state index contributed by atoms with van der Waals surface area (Å²) in [6.45, 7) is 1.74. The van der Waals surface area contributed by atoms with Crippen LogP contribution in [0.15, 0.2) is 36.5 Å². The molecule has 0 aliphatic heterocycles. The number of carbonyl (C=O) groups is 2. The lowest BCUT2D eigenvalue weighted by Gasteiger charge is -2.07. The predicted octanol–water partition coefficient (Wildman–Crippen LogP) is 3.25. The first-order valence-electron chi connectivity index (χ1n) is 6.57. The summed E-state index contributed by atoms with van der Waals surface area (Å²) in [6.07, 6.45) is 1.88. The van der Waals surface area contributed by atoms with Crippen LogP contribution in [-0.4, -0.2) is 22.0 Å². The summed E-state index contributed by atoms with van der Waals surface area (Å²) >= 11 is 1.40. The molecule has 0 bridgehead atoms. The summed E-state index contributed by atoms with van der Waals surface area (Å²) in [5.41, 5.74) is 1.05. The second-order valence-corrected chi connectivity index (χ2v) is 5.88. The van der Waals surface area contributed by atoms with Crippen LogP contribution in [0.2, 0.25) is 0 Å². The second-order valence-electron chi connectivity index (χ2n) is 4.85. The fourth-order valence-corrected chi connectivity index (χ4v) is 2.76. The highest BCUT2D eigenvalue weighted by Gasteiger charge is 2.14. The Morgan fingerprint density at radius 1 is 1.29 bits per heavy atom. The van der Waals surface area contributed by atoms with Crippen LogP contribution in [0.1, 0.15) is 19.8 Å². The standard InChI is InChI=1S/C15H16N2O3S/c1-10(8-14(19)20)7-13(18)17-15-16-9-12(21-15)11-5-3-2-4-6-11/h2-6,9-10H,7-8H2,1H3,(H,19,20)(H,16,17,18). The van der Waals surface area contributed by atoms with Gasteiger partial charge in [-0.15, -0.1) is 0 Å². The van der Waals surface area contributed by atoms with Crippen molar-refractivity contribution in [2.24, 2.45) is 5.92 Å². The topological polar surface area (TPSA) is 79.3 Å². The Labute approximate surface area is 126 Å². The zero-order valence-corrected chi connectivity index (χ0v) is 12.4. The first kappa shape index (κ1) is 15.2. The Morgan fingerprint density at radius 3 is 2.67 bits per heavy atom. The molecule has 110 valence electrons. The summed E-state index contributed by atoms with van der Waals surface area (Å²) in [6, 6.07) is 9.79. The number of aliphatic carboxylic acids is 1. The van der Waals surface area contributed by atoms with Gasteiger partial charge in [-0.05, 0) is 11.5 Å². The normalized spacial score (nSPS) is 11.9. The molecule has 1 aromatic carbocycles. The Bertz CT molecular complexity index is 625. The van der Waals surface area contributed by atoms with E-state index < -0.39 is 5.97 Å². The van der Waals surface area contributed by atoms with Gasteiger partial charge in [-0.1, -0.05) is 48.6 Å². The van der Waals surface area contributed by atoms with Crippen molar-refractivity contribution >= 4 is 28.3 Å². The van der Waals surface area contributed by atoms with Gasteiger partial charge in [0.2, 0.25) is 5.91 Å². The Balaban J connectivity index is 1.93. The number of amides is 1. The van der Waals surface area contributed by atoms with E-state index in [4.69, 9.17) is 5.11 Å². The Morgan fingerprint density at radius 2 is 2.00 bits per heavy atom. The molecule has 1 amide bonds. The van der Waals surface area contributed by atoms with Crippen LogP contribution in [-0.2, 0) is 9.59 Å². The fraction of sp³-hybridized carbons (Fsp3) is 0.267. The van der Waals surface area contributed by atoms with Crippen LogP contribution in [0.3, 0.4) is 0 Å². The molecule has 0 aliphatic rings. The summed E-state index contributed by atoms with van der Waals surface area (Å²) in [5.74, 6) is -1.30. The molecule has 6 heteroatoms. The number of hydrogen-bond acceptors (Lipinski definition) is 4. The molecule has 1 aromatic heterocycles. The van der Waals surface area contributed by atoms with Crippen molar-refractivity contribution in [1.29, 1.82) is 0 Å². The van der Waals surface area contributed by atoms with Crippen molar-refractivity contribution < 1.29 is 14.7 Å². The van der Waals surface area contributed by atoms with E-state index in [1.54, 1.807) is 13.1 Å². The molecule has 0 aliphatic carbocycles. The molecule has 0 fully saturated rings. The molecule has 0 radical (unpaired) electrons. The van der Waals surface area contributed by atoms with E-state index in [0.717, 1.165) is 10.4 Å². The number of nitrogens with zero attached hydrogens (tertiary/aromatic N) is 1. The number of nitrogens with one attached hydrogen (secondary N) is 1. The summed E-state index contributed by atoms with van der Waals surface area (Å²) in [5, 5.41) is 11.9. The molecule has 1 heterocycles. The van der Waals surface area contributed by atoms with E-state index in [0.29, 0.717) is 5.13 Å². The van der Waals surface area contributed by atoms with Gasteiger partial charge in [0.15, 0.2) is 5.13 Å². The number of carboxylic acids is 1. The molecule has 2 N–H and O–H groups in total. The third-order valence-corrected chi connectivity index (χ3v) is 3.83. The van der Waals surface area contributed by atoms with E-state index in [-0.39, 0.29) is 24.7 Å². The number of aromatic nitrogens is 1. The maximum Gasteiger partial charge on any atom is 0.303 e. The van der Waals surface area contributed by atoms with Gasteiger partial charge in [0.25, 0.3) is 0 Å².